The predicted octanol–water partition coefficient (Wildman–Crippen LogP) is 1.19. The Labute approximate surface area is 148 Å². The third-order valence-electron chi connectivity index (χ3n) is 4.78. The van der Waals surface area contributed by atoms with Gasteiger partial charge in [-0.05, 0) is 31.4 Å². The summed E-state index contributed by atoms with van der Waals surface area (Å²) in [5.74, 6) is 0.860. The molecular formula is C18H27N5O2. The molecule has 0 aromatic carbocycles. The number of carbonyl (C=O) groups excluding carboxylic acids is 1. The molecule has 1 aliphatic rings. The van der Waals surface area contributed by atoms with Crippen molar-refractivity contribution in [2.45, 2.75) is 33.2 Å². The molecule has 7 heteroatoms. The number of anilines is 1. The predicted molar refractivity (Wildman–Crippen MR) is 99.5 cm³/mol. The summed E-state index contributed by atoms with van der Waals surface area (Å²) in [6.45, 7) is 6.42. The van der Waals surface area contributed by atoms with Crippen LogP contribution in [0.1, 0.15) is 36.1 Å². The van der Waals surface area contributed by atoms with E-state index in [9.17, 15) is 9.90 Å². The molecule has 0 bridgehead atoms. The number of pyridine rings is 1. The normalized spacial score (nSPS) is 19.7. The van der Waals surface area contributed by atoms with E-state index in [1.54, 1.807) is 24.4 Å². The third-order valence-corrected chi connectivity index (χ3v) is 4.78. The van der Waals surface area contributed by atoms with Gasteiger partial charge in [-0.1, -0.05) is 6.92 Å². The molecule has 2 rings (SSSR count). The number of aliphatic imine (C=N–C) groups is 1. The molecule has 1 fully saturated rings. The highest BCUT2D eigenvalue weighted by Gasteiger charge is 2.31. The topological polar surface area (TPSA) is 104 Å². The number of carbonyl (C=O) groups is 1. The average Bonchev–Trinajstić information content (AvgIpc) is 2.94. The van der Waals surface area contributed by atoms with Crippen LogP contribution in [0.4, 0.5) is 5.82 Å². The number of aromatic nitrogens is 1. The van der Waals surface area contributed by atoms with Crippen molar-refractivity contribution in [1.82, 2.24) is 10.3 Å². The molecule has 25 heavy (non-hydrogen) atoms. The molecule has 1 amide bonds. The standard InChI is InChI=1S/C18H27N5O2/c1-11-5-6-23(18(11)25)17-13(3)12(2)15(9-22-17)16(10-24)21-8-14(7-19)20-4/h7-9,11,16,20,24H,5-6,10,19H2,1-4H3/b14-7+,21-8?/t11-,16?/m1/s1. The highest BCUT2D eigenvalue weighted by molar-refractivity contribution is 5.96. The van der Waals surface area contributed by atoms with Crippen LogP contribution < -0.4 is 16.0 Å². The SMILES string of the molecule is CN/C(C=NC(CO)c1cnc(N2CC[C@@H](C)C2=O)c(C)c1C)=C/N. The van der Waals surface area contributed by atoms with E-state index in [1.165, 1.54) is 6.20 Å². The Morgan fingerprint density at radius 1 is 1.56 bits per heavy atom. The molecule has 1 aromatic heterocycles. The molecule has 0 spiro atoms. The number of hydrogen-bond donors (Lipinski definition) is 3. The minimum Gasteiger partial charge on any atom is -0.403 e. The lowest BCUT2D eigenvalue weighted by Crippen LogP contribution is -2.28. The zero-order chi connectivity index (χ0) is 18.6. The summed E-state index contributed by atoms with van der Waals surface area (Å²) < 4.78 is 0. The van der Waals surface area contributed by atoms with Gasteiger partial charge in [0.05, 0.1) is 18.3 Å². The summed E-state index contributed by atoms with van der Waals surface area (Å²) in [6, 6.07) is -0.434. The van der Waals surface area contributed by atoms with Crippen LogP contribution in [0.2, 0.25) is 0 Å². The minimum absolute atomic E-state index is 0.0407. The lowest BCUT2D eigenvalue weighted by atomic mass is 10.00. The maximum Gasteiger partial charge on any atom is 0.231 e. The van der Waals surface area contributed by atoms with E-state index in [4.69, 9.17) is 5.73 Å². The molecule has 136 valence electrons. The van der Waals surface area contributed by atoms with Gasteiger partial charge in [0.2, 0.25) is 5.91 Å². The second-order valence-electron chi connectivity index (χ2n) is 6.32. The van der Waals surface area contributed by atoms with Crippen molar-refractivity contribution < 1.29 is 9.90 Å². The molecule has 1 unspecified atom stereocenters. The van der Waals surface area contributed by atoms with Crippen LogP contribution in [0.15, 0.2) is 23.1 Å². The van der Waals surface area contributed by atoms with Crippen molar-refractivity contribution in [2.24, 2.45) is 16.6 Å². The first-order valence-corrected chi connectivity index (χ1v) is 8.45. The molecular weight excluding hydrogens is 318 g/mol. The van der Waals surface area contributed by atoms with Gasteiger partial charge in [0, 0.05) is 43.7 Å². The van der Waals surface area contributed by atoms with E-state index in [-0.39, 0.29) is 18.4 Å². The zero-order valence-electron chi connectivity index (χ0n) is 15.3. The number of allylic oxidation sites excluding steroid dienone is 1. The molecule has 4 N–H and O–H groups in total. The fourth-order valence-corrected chi connectivity index (χ4v) is 2.94. The number of amides is 1. The number of aliphatic hydroxyl groups excluding tert-OH is 1. The number of nitrogens with zero attached hydrogens (tertiary/aromatic N) is 3. The summed E-state index contributed by atoms with van der Waals surface area (Å²) >= 11 is 0. The maximum absolute atomic E-state index is 12.3. The van der Waals surface area contributed by atoms with Crippen molar-refractivity contribution >= 4 is 17.9 Å². The van der Waals surface area contributed by atoms with Crippen LogP contribution in [-0.2, 0) is 4.79 Å². The van der Waals surface area contributed by atoms with Crippen molar-refractivity contribution in [3.05, 3.63) is 34.8 Å². The molecule has 0 saturated carbocycles. The van der Waals surface area contributed by atoms with Gasteiger partial charge in [-0.15, -0.1) is 0 Å². The lowest BCUT2D eigenvalue weighted by molar-refractivity contribution is -0.119. The van der Waals surface area contributed by atoms with Crippen LogP contribution in [-0.4, -0.2) is 42.4 Å². The second-order valence-corrected chi connectivity index (χ2v) is 6.32. The number of aliphatic hydroxyl groups is 1. The van der Waals surface area contributed by atoms with E-state index < -0.39 is 6.04 Å². The second kappa shape index (κ2) is 8.11. The number of rotatable bonds is 6. The molecule has 7 nitrogen and oxygen atoms in total. The highest BCUT2D eigenvalue weighted by Crippen LogP contribution is 2.31. The fourth-order valence-electron chi connectivity index (χ4n) is 2.94. The monoisotopic (exact) mass is 345 g/mol. The Morgan fingerprint density at radius 2 is 2.28 bits per heavy atom. The lowest BCUT2D eigenvalue weighted by Gasteiger charge is -2.22. The largest absolute Gasteiger partial charge is 0.403 e. The first-order valence-electron chi connectivity index (χ1n) is 8.45. The van der Waals surface area contributed by atoms with Gasteiger partial charge in [0.25, 0.3) is 0 Å². The molecule has 2 atom stereocenters. The minimum atomic E-state index is -0.434. The van der Waals surface area contributed by atoms with Crippen molar-refractivity contribution in [1.29, 1.82) is 0 Å². The Hall–Kier alpha value is -2.41. The van der Waals surface area contributed by atoms with Crippen molar-refractivity contribution in [3.8, 4) is 0 Å². The van der Waals surface area contributed by atoms with Gasteiger partial charge in [0.1, 0.15) is 5.82 Å². The first-order chi connectivity index (χ1) is 11.9. The van der Waals surface area contributed by atoms with Crippen molar-refractivity contribution in [3.63, 3.8) is 0 Å². The Morgan fingerprint density at radius 3 is 2.80 bits per heavy atom. The first kappa shape index (κ1) is 18.9. The van der Waals surface area contributed by atoms with Crippen LogP contribution in [0.5, 0.6) is 0 Å². The zero-order valence-corrected chi connectivity index (χ0v) is 15.3. The molecule has 1 saturated heterocycles. The van der Waals surface area contributed by atoms with Gasteiger partial charge in [-0.25, -0.2) is 4.98 Å². The Kier molecular flexibility index (Phi) is 6.14. The molecule has 0 aliphatic carbocycles. The van der Waals surface area contributed by atoms with Gasteiger partial charge in [-0.3, -0.25) is 14.7 Å². The van der Waals surface area contributed by atoms with Crippen molar-refractivity contribution in [2.75, 3.05) is 25.1 Å². The number of nitrogens with two attached hydrogens (primary N) is 1. The summed E-state index contributed by atoms with van der Waals surface area (Å²) in [4.78, 5) is 23.0. The molecule has 1 aromatic rings. The molecule has 0 radical (unpaired) electrons. The third kappa shape index (κ3) is 3.82. The molecule has 1 aliphatic heterocycles. The van der Waals surface area contributed by atoms with E-state index in [0.29, 0.717) is 18.1 Å². The Bertz CT molecular complexity index is 699. The van der Waals surface area contributed by atoms with E-state index >= 15 is 0 Å². The average molecular weight is 345 g/mol. The number of hydrogen-bond acceptors (Lipinski definition) is 6. The van der Waals surface area contributed by atoms with Crippen LogP contribution in [0, 0.1) is 19.8 Å². The summed E-state index contributed by atoms with van der Waals surface area (Å²) in [7, 11) is 1.75. The van der Waals surface area contributed by atoms with E-state index in [1.807, 2.05) is 20.8 Å². The highest BCUT2D eigenvalue weighted by atomic mass is 16.3. The summed E-state index contributed by atoms with van der Waals surface area (Å²) in [5.41, 5.74) is 8.91. The maximum atomic E-state index is 12.3. The van der Waals surface area contributed by atoms with Gasteiger partial charge >= 0.3 is 0 Å². The molecule has 2 heterocycles. The van der Waals surface area contributed by atoms with Crippen LogP contribution in [0.3, 0.4) is 0 Å². The van der Waals surface area contributed by atoms with E-state index in [0.717, 1.165) is 23.1 Å². The van der Waals surface area contributed by atoms with Gasteiger partial charge in [0.15, 0.2) is 0 Å². The number of nitrogens with one attached hydrogen (secondary N) is 1. The van der Waals surface area contributed by atoms with E-state index in [2.05, 4.69) is 15.3 Å². The van der Waals surface area contributed by atoms with Gasteiger partial charge in [-0.2, -0.15) is 0 Å². The Balaban J connectivity index is 2.34. The smallest absolute Gasteiger partial charge is 0.231 e. The fraction of sp³-hybridized carbons (Fsp3) is 0.500. The summed E-state index contributed by atoms with van der Waals surface area (Å²) in [6.07, 6.45) is 5.56. The quantitative estimate of drug-likeness (QED) is 0.672. The van der Waals surface area contributed by atoms with Crippen LogP contribution in [0.25, 0.3) is 0 Å². The van der Waals surface area contributed by atoms with Gasteiger partial charge < -0.3 is 16.2 Å². The van der Waals surface area contributed by atoms with Crippen LogP contribution >= 0.6 is 0 Å². The summed E-state index contributed by atoms with van der Waals surface area (Å²) in [5, 5.41) is 12.6.